The number of nitrogens with one attached hydrogen (secondary N) is 2. The van der Waals surface area contributed by atoms with Crippen molar-refractivity contribution in [1.82, 2.24) is 5.43 Å². The van der Waals surface area contributed by atoms with Crippen molar-refractivity contribution in [3.8, 4) is 0 Å². The van der Waals surface area contributed by atoms with E-state index < -0.39 is 5.97 Å². The molecular weight excluding hydrogens is 214 g/mol. The number of carbonyl (C=O) groups is 1. The highest BCUT2D eigenvalue weighted by atomic mass is 32.1. The Morgan fingerprint density at radius 3 is 2.67 bits per heavy atom. The summed E-state index contributed by atoms with van der Waals surface area (Å²) in [6.07, 6.45) is 0.721. The highest BCUT2D eigenvalue weighted by Crippen LogP contribution is 2.03. The molecule has 6 heteroatoms. The maximum atomic E-state index is 10.1. The lowest BCUT2D eigenvalue weighted by atomic mass is 10.3. The van der Waals surface area contributed by atoms with E-state index in [1.807, 2.05) is 30.3 Å². The van der Waals surface area contributed by atoms with E-state index >= 15 is 0 Å². The van der Waals surface area contributed by atoms with Crippen molar-refractivity contribution in [3.05, 3.63) is 30.3 Å². The summed E-state index contributed by atoms with van der Waals surface area (Å²) >= 11 is 4.86. The summed E-state index contributed by atoms with van der Waals surface area (Å²) in [7, 11) is 0. The molecule has 0 atom stereocenters. The first kappa shape index (κ1) is 11.1. The van der Waals surface area contributed by atoms with Crippen molar-refractivity contribution in [3.63, 3.8) is 0 Å². The Bertz CT molecular complexity index is 378. The van der Waals surface area contributed by atoms with E-state index in [1.54, 1.807) is 0 Å². The smallest absolute Gasteiger partial charge is 0.348 e. The number of thiocarbonyl (C=S) groups is 1. The number of nitrogens with zero attached hydrogens (tertiary/aromatic N) is 1. The van der Waals surface area contributed by atoms with Crippen molar-refractivity contribution in [2.45, 2.75) is 0 Å². The highest BCUT2D eigenvalue weighted by Gasteiger charge is 1.94. The topological polar surface area (TPSA) is 73.7 Å². The number of benzene rings is 1. The molecule has 0 fully saturated rings. The Balaban J connectivity index is 2.40. The molecule has 0 aliphatic heterocycles. The number of hydrogen-bond donors (Lipinski definition) is 3. The normalized spacial score (nSPS) is 9.87. The first-order valence-corrected chi connectivity index (χ1v) is 4.47. The Hall–Kier alpha value is -1.95. The van der Waals surface area contributed by atoms with Crippen LogP contribution < -0.4 is 10.7 Å². The second-order valence-electron chi connectivity index (χ2n) is 2.53. The first-order valence-electron chi connectivity index (χ1n) is 4.06. The van der Waals surface area contributed by atoms with Gasteiger partial charge < -0.3 is 10.4 Å². The van der Waals surface area contributed by atoms with E-state index in [4.69, 9.17) is 17.3 Å². The van der Waals surface area contributed by atoms with Crippen LogP contribution in [-0.2, 0) is 4.79 Å². The summed E-state index contributed by atoms with van der Waals surface area (Å²) in [4.78, 5) is 10.1. The number of aliphatic carboxylic acids is 1. The minimum atomic E-state index is -1.13. The maximum Gasteiger partial charge on any atom is 0.348 e. The average molecular weight is 223 g/mol. The SMILES string of the molecule is O=C(O)C=NNC(=S)Nc1ccccc1. The van der Waals surface area contributed by atoms with Gasteiger partial charge in [0, 0.05) is 5.69 Å². The summed E-state index contributed by atoms with van der Waals surface area (Å²) in [5.41, 5.74) is 3.18. The van der Waals surface area contributed by atoms with E-state index in [-0.39, 0.29) is 5.11 Å². The van der Waals surface area contributed by atoms with Crippen LogP contribution >= 0.6 is 12.2 Å². The van der Waals surface area contributed by atoms with Gasteiger partial charge in [0.05, 0.1) is 0 Å². The maximum absolute atomic E-state index is 10.1. The molecule has 0 saturated heterocycles. The van der Waals surface area contributed by atoms with Crippen molar-refractivity contribution >= 4 is 35.2 Å². The summed E-state index contributed by atoms with van der Waals surface area (Å²) in [6, 6.07) is 9.24. The Labute approximate surface area is 91.8 Å². The van der Waals surface area contributed by atoms with Gasteiger partial charge in [0.25, 0.3) is 0 Å². The van der Waals surface area contributed by atoms with Crippen LogP contribution in [0.1, 0.15) is 0 Å². The lowest BCUT2D eigenvalue weighted by Crippen LogP contribution is -2.24. The van der Waals surface area contributed by atoms with E-state index in [2.05, 4.69) is 15.8 Å². The largest absolute Gasteiger partial charge is 0.477 e. The number of carboxylic acid groups (broad SMARTS) is 1. The third kappa shape index (κ3) is 4.72. The summed E-state index contributed by atoms with van der Waals surface area (Å²) in [6.45, 7) is 0. The fourth-order valence-electron chi connectivity index (χ4n) is 0.827. The molecule has 0 heterocycles. The predicted molar refractivity (Wildman–Crippen MR) is 61.9 cm³/mol. The number of anilines is 1. The van der Waals surface area contributed by atoms with Gasteiger partial charge in [-0.2, -0.15) is 5.10 Å². The van der Waals surface area contributed by atoms with E-state index in [0.29, 0.717) is 0 Å². The molecule has 0 saturated carbocycles. The minimum Gasteiger partial charge on any atom is -0.477 e. The van der Waals surface area contributed by atoms with Gasteiger partial charge in [0.2, 0.25) is 0 Å². The molecule has 1 aromatic rings. The fourth-order valence-corrected chi connectivity index (χ4v) is 0.997. The molecule has 3 N–H and O–H groups in total. The molecule has 0 bridgehead atoms. The molecule has 0 aliphatic rings. The summed E-state index contributed by atoms with van der Waals surface area (Å²) < 4.78 is 0. The third-order valence-electron chi connectivity index (χ3n) is 1.37. The molecule has 1 rings (SSSR count). The first-order chi connectivity index (χ1) is 7.18. The Morgan fingerprint density at radius 2 is 2.07 bits per heavy atom. The van der Waals surface area contributed by atoms with E-state index in [0.717, 1.165) is 11.9 Å². The Morgan fingerprint density at radius 1 is 1.40 bits per heavy atom. The average Bonchev–Trinajstić information content (AvgIpc) is 2.18. The number of hydrogen-bond acceptors (Lipinski definition) is 3. The van der Waals surface area contributed by atoms with Crippen molar-refractivity contribution in [2.24, 2.45) is 5.10 Å². The van der Waals surface area contributed by atoms with Gasteiger partial charge in [-0.15, -0.1) is 0 Å². The standard InChI is InChI=1S/C9H9N3O2S/c13-8(14)6-10-12-9(15)11-7-4-2-1-3-5-7/h1-6H,(H,13,14)(H2,11,12,15). The van der Waals surface area contributed by atoms with Crippen LogP contribution in [0.3, 0.4) is 0 Å². The monoisotopic (exact) mass is 223 g/mol. The minimum absolute atomic E-state index is 0.235. The molecule has 0 radical (unpaired) electrons. The fraction of sp³-hybridized carbons (Fsp3) is 0. The van der Waals surface area contributed by atoms with Gasteiger partial charge in [0.1, 0.15) is 6.21 Å². The number of carboxylic acids is 1. The molecule has 78 valence electrons. The van der Waals surface area contributed by atoms with Crippen LogP contribution in [0.15, 0.2) is 35.4 Å². The zero-order valence-corrected chi connectivity index (χ0v) is 8.49. The van der Waals surface area contributed by atoms with E-state index in [9.17, 15) is 4.79 Å². The van der Waals surface area contributed by atoms with Gasteiger partial charge in [-0.3, -0.25) is 5.43 Å². The van der Waals surface area contributed by atoms with Gasteiger partial charge in [0.15, 0.2) is 5.11 Å². The number of rotatable bonds is 3. The molecular formula is C9H9N3O2S. The van der Waals surface area contributed by atoms with Gasteiger partial charge >= 0.3 is 5.97 Å². The second-order valence-corrected chi connectivity index (χ2v) is 2.94. The molecule has 0 unspecified atom stereocenters. The van der Waals surface area contributed by atoms with Crippen molar-refractivity contribution in [1.29, 1.82) is 0 Å². The lowest BCUT2D eigenvalue weighted by molar-refractivity contribution is -0.128. The lowest BCUT2D eigenvalue weighted by Gasteiger charge is -2.05. The zero-order valence-electron chi connectivity index (χ0n) is 7.68. The van der Waals surface area contributed by atoms with Gasteiger partial charge in [-0.25, -0.2) is 4.79 Å². The van der Waals surface area contributed by atoms with Gasteiger partial charge in [-0.1, -0.05) is 18.2 Å². The quantitative estimate of drug-likeness (QED) is 0.405. The number of hydrazone groups is 1. The summed E-state index contributed by atoms with van der Waals surface area (Å²) in [5, 5.41) is 14.7. The van der Waals surface area contributed by atoms with Crippen molar-refractivity contribution in [2.75, 3.05) is 5.32 Å². The number of para-hydroxylation sites is 1. The van der Waals surface area contributed by atoms with Crippen LogP contribution in [-0.4, -0.2) is 22.4 Å². The van der Waals surface area contributed by atoms with E-state index in [1.165, 1.54) is 0 Å². The molecule has 1 aromatic carbocycles. The zero-order chi connectivity index (χ0) is 11.1. The van der Waals surface area contributed by atoms with Crippen LogP contribution in [0.4, 0.5) is 5.69 Å². The molecule has 15 heavy (non-hydrogen) atoms. The second kappa shape index (κ2) is 5.71. The molecule has 0 aliphatic carbocycles. The van der Waals surface area contributed by atoms with Gasteiger partial charge in [-0.05, 0) is 24.4 Å². The highest BCUT2D eigenvalue weighted by molar-refractivity contribution is 7.80. The molecule has 0 aromatic heterocycles. The molecule has 5 nitrogen and oxygen atoms in total. The van der Waals surface area contributed by atoms with Crippen LogP contribution in [0.25, 0.3) is 0 Å². The Kier molecular flexibility index (Phi) is 4.24. The predicted octanol–water partition coefficient (Wildman–Crippen LogP) is 1.04. The van der Waals surface area contributed by atoms with Crippen LogP contribution in [0.2, 0.25) is 0 Å². The van der Waals surface area contributed by atoms with Crippen molar-refractivity contribution < 1.29 is 9.90 Å². The molecule has 0 amide bonds. The molecule has 0 spiro atoms. The third-order valence-corrected chi connectivity index (χ3v) is 1.57. The summed E-state index contributed by atoms with van der Waals surface area (Å²) in [5.74, 6) is -1.13. The van der Waals surface area contributed by atoms with Crippen LogP contribution in [0.5, 0.6) is 0 Å². The van der Waals surface area contributed by atoms with Crippen LogP contribution in [0, 0.1) is 0 Å².